The highest BCUT2D eigenvalue weighted by molar-refractivity contribution is 5.87. The molecule has 11 heavy (non-hydrogen) atoms. The zero-order chi connectivity index (χ0) is 8.43. The maximum absolute atomic E-state index is 11.0. The molecule has 1 N–H and O–H groups in total. The Morgan fingerprint density at radius 2 is 2.45 bits per heavy atom. The number of hydrogen-bond acceptors (Lipinski definition) is 4. The number of nitrogens with zero attached hydrogens (tertiary/aromatic N) is 3. The number of aryl methyl sites for hydroxylation is 1. The molecule has 6 heteroatoms. The molecule has 0 unspecified atom stereocenters. The number of aromatic nitrogens is 3. The van der Waals surface area contributed by atoms with E-state index in [9.17, 15) is 9.90 Å². The second-order valence-electron chi connectivity index (χ2n) is 1.95. The van der Waals surface area contributed by atoms with Gasteiger partial charge < -0.3 is 10.1 Å². The molecule has 0 aliphatic carbocycles. The van der Waals surface area contributed by atoms with Crippen LogP contribution in [0.1, 0.15) is 5.69 Å². The van der Waals surface area contributed by atoms with Gasteiger partial charge in [0.05, 0.1) is 0 Å². The van der Waals surface area contributed by atoms with E-state index in [2.05, 4.69) is 15.3 Å². The number of aromatic amines is 1. The molecular weight excluding hydrogens is 148 g/mol. The van der Waals surface area contributed by atoms with Gasteiger partial charge in [0.15, 0.2) is 5.69 Å². The van der Waals surface area contributed by atoms with Crippen molar-refractivity contribution in [2.75, 3.05) is 7.05 Å². The second kappa shape index (κ2) is 2.57. The average Bonchev–Trinajstić information content (AvgIpc) is 2.32. The van der Waals surface area contributed by atoms with Crippen molar-refractivity contribution in [1.29, 1.82) is 0 Å². The first-order chi connectivity index (χ1) is 5.16. The highest BCUT2D eigenvalue weighted by Crippen LogP contribution is 1.79. The molecule has 0 aromatic carbocycles. The molecule has 0 aliphatic heterocycles. The van der Waals surface area contributed by atoms with Gasteiger partial charge in [-0.05, 0) is 0 Å². The van der Waals surface area contributed by atoms with Crippen molar-refractivity contribution < 1.29 is 5.11 Å². The van der Waals surface area contributed by atoms with Gasteiger partial charge in [0.2, 0.25) is 0 Å². The normalized spacial score (nSPS) is 12.0. The molecule has 6 nitrogen and oxygen atoms in total. The van der Waals surface area contributed by atoms with Crippen LogP contribution < -0.4 is 10.7 Å². The lowest BCUT2D eigenvalue weighted by molar-refractivity contribution is -0.213. The first-order valence-corrected chi connectivity index (χ1v) is 2.92. The van der Waals surface area contributed by atoms with Gasteiger partial charge in [-0.25, -0.2) is 9.90 Å². The summed E-state index contributed by atoms with van der Waals surface area (Å²) in [4.78, 5) is 14.3. The molecule has 0 fully saturated rings. The Morgan fingerprint density at radius 3 is 2.82 bits per heavy atom. The van der Waals surface area contributed by atoms with Gasteiger partial charge in [0.1, 0.15) is 0 Å². The number of rotatable bonds is 1. The summed E-state index contributed by atoms with van der Waals surface area (Å²) in [6.45, 7) is 0. The lowest BCUT2D eigenvalue weighted by atomic mass is 10.5. The van der Waals surface area contributed by atoms with Crippen LogP contribution in [0, 0.1) is 0 Å². The molecule has 0 atom stereocenters. The summed E-state index contributed by atoms with van der Waals surface area (Å²) in [5, 5.41) is 16.6. The lowest BCUT2D eigenvalue weighted by Gasteiger charge is -2.01. The minimum absolute atomic E-state index is 0.171. The maximum Gasteiger partial charge on any atom is 0.294 e. The fourth-order valence-electron chi connectivity index (χ4n) is 0.622. The number of hydrogen-bond donors (Lipinski definition) is 1. The van der Waals surface area contributed by atoms with Crippen LogP contribution >= 0.6 is 0 Å². The third kappa shape index (κ3) is 1.14. The lowest BCUT2D eigenvalue weighted by Crippen LogP contribution is -2.27. The first kappa shape index (κ1) is 7.52. The van der Waals surface area contributed by atoms with Gasteiger partial charge in [-0.15, -0.1) is 0 Å². The summed E-state index contributed by atoms with van der Waals surface area (Å²) in [6, 6.07) is 0. The summed E-state index contributed by atoms with van der Waals surface area (Å²) in [6.07, 6.45) is 0. The molecule has 0 spiro atoms. The molecule has 0 amide bonds. The Labute approximate surface area is 62.2 Å². The Kier molecular flexibility index (Phi) is 1.75. The van der Waals surface area contributed by atoms with Crippen LogP contribution in [0.2, 0.25) is 0 Å². The van der Waals surface area contributed by atoms with E-state index in [1.165, 1.54) is 14.1 Å². The Balaban J connectivity index is 3.26. The van der Waals surface area contributed by atoms with Crippen LogP contribution in [0.4, 0.5) is 0 Å². The van der Waals surface area contributed by atoms with Crippen LogP contribution in [-0.2, 0) is 7.05 Å². The fourth-order valence-corrected chi connectivity index (χ4v) is 0.622. The van der Waals surface area contributed by atoms with Gasteiger partial charge in [-0.1, -0.05) is 0 Å². The van der Waals surface area contributed by atoms with Gasteiger partial charge >= 0.3 is 0 Å². The Morgan fingerprint density at radius 1 is 1.82 bits per heavy atom. The number of aliphatic imine (C=N–C) groups is 1. The van der Waals surface area contributed by atoms with E-state index in [0.29, 0.717) is 0 Å². The van der Waals surface area contributed by atoms with Crippen molar-refractivity contribution in [1.82, 2.24) is 15.0 Å². The molecule has 0 bridgehead atoms. The van der Waals surface area contributed by atoms with Crippen LogP contribution in [0.15, 0.2) is 9.79 Å². The number of nitrogens with one attached hydrogen (secondary N) is 1. The molecular formula is C5H7N4O2-. The topological polar surface area (TPSA) is 86.1 Å². The molecule has 1 aromatic heterocycles. The van der Waals surface area contributed by atoms with Crippen molar-refractivity contribution in [2.24, 2.45) is 12.0 Å². The molecule has 1 rings (SSSR count). The average molecular weight is 155 g/mol. The smallest absolute Gasteiger partial charge is 0.294 e. The van der Waals surface area contributed by atoms with E-state index in [1.807, 2.05) is 0 Å². The molecule has 0 radical (unpaired) electrons. The van der Waals surface area contributed by atoms with Crippen molar-refractivity contribution >= 4 is 5.90 Å². The third-order valence-corrected chi connectivity index (χ3v) is 1.22. The molecule has 0 saturated heterocycles. The van der Waals surface area contributed by atoms with Crippen LogP contribution in [-0.4, -0.2) is 27.9 Å². The Hall–Kier alpha value is -1.59. The fraction of sp³-hybridized carbons (Fsp3) is 0.400. The summed E-state index contributed by atoms with van der Waals surface area (Å²) < 4.78 is 1.11. The predicted molar refractivity (Wildman–Crippen MR) is 36.3 cm³/mol. The van der Waals surface area contributed by atoms with Gasteiger partial charge in [0.25, 0.3) is 5.56 Å². The van der Waals surface area contributed by atoms with Crippen molar-refractivity contribution in [3.05, 3.63) is 16.0 Å². The van der Waals surface area contributed by atoms with Crippen LogP contribution in [0.3, 0.4) is 0 Å². The third-order valence-electron chi connectivity index (χ3n) is 1.22. The van der Waals surface area contributed by atoms with Crippen LogP contribution in [0.5, 0.6) is 0 Å². The number of H-pyrrole nitrogens is 1. The van der Waals surface area contributed by atoms with Crippen molar-refractivity contribution in [3.8, 4) is 0 Å². The summed E-state index contributed by atoms with van der Waals surface area (Å²) in [5.41, 5.74) is -0.629. The molecule has 1 aromatic rings. The molecule has 1 heterocycles. The SMILES string of the molecule is CN=C([O-])c1n[nH]n(C)c1=O. The maximum atomic E-state index is 11.0. The predicted octanol–water partition coefficient (Wildman–Crippen LogP) is -2.15. The summed E-state index contributed by atoms with van der Waals surface area (Å²) in [7, 11) is 2.79. The molecule has 60 valence electrons. The van der Waals surface area contributed by atoms with E-state index in [4.69, 9.17) is 0 Å². The van der Waals surface area contributed by atoms with Crippen molar-refractivity contribution in [3.63, 3.8) is 0 Å². The zero-order valence-electron chi connectivity index (χ0n) is 6.16. The minimum atomic E-state index is -0.605. The highest BCUT2D eigenvalue weighted by atomic mass is 16.3. The first-order valence-electron chi connectivity index (χ1n) is 2.92. The van der Waals surface area contributed by atoms with Gasteiger partial charge in [0, 0.05) is 20.0 Å². The minimum Gasteiger partial charge on any atom is -0.857 e. The second-order valence-corrected chi connectivity index (χ2v) is 1.95. The van der Waals surface area contributed by atoms with E-state index in [0.717, 1.165) is 4.68 Å². The van der Waals surface area contributed by atoms with E-state index >= 15 is 0 Å². The highest BCUT2D eigenvalue weighted by Gasteiger charge is 2.03. The standard InChI is InChI=1S/C5H8N4O2/c1-6-4(10)3-5(11)9(2)8-7-3/h8H,1-2H3,(H,6,10)/p-1. The Bertz CT molecular complexity index is 334. The molecule has 0 aliphatic rings. The summed E-state index contributed by atoms with van der Waals surface area (Å²) >= 11 is 0. The van der Waals surface area contributed by atoms with Gasteiger partial charge in [-0.3, -0.25) is 4.79 Å². The molecule has 0 saturated carbocycles. The van der Waals surface area contributed by atoms with E-state index < -0.39 is 11.5 Å². The monoisotopic (exact) mass is 155 g/mol. The summed E-state index contributed by atoms with van der Waals surface area (Å²) in [5.74, 6) is -0.605. The van der Waals surface area contributed by atoms with Crippen LogP contribution in [0.25, 0.3) is 0 Å². The van der Waals surface area contributed by atoms with E-state index in [-0.39, 0.29) is 5.69 Å². The van der Waals surface area contributed by atoms with E-state index in [1.54, 1.807) is 0 Å². The zero-order valence-corrected chi connectivity index (χ0v) is 6.16. The largest absolute Gasteiger partial charge is 0.857 e. The quantitative estimate of drug-likeness (QED) is 0.370. The van der Waals surface area contributed by atoms with Crippen molar-refractivity contribution in [2.45, 2.75) is 0 Å². The van der Waals surface area contributed by atoms with Gasteiger partial charge in [-0.2, -0.15) is 5.10 Å².